The molecule has 3 fully saturated rings. The Kier molecular flexibility index (Phi) is 5.54. The van der Waals surface area contributed by atoms with Crippen molar-refractivity contribution in [3.63, 3.8) is 0 Å². The zero-order valence-corrected chi connectivity index (χ0v) is 13.6. The van der Waals surface area contributed by atoms with Crippen molar-refractivity contribution in [2.45, 2.75) is 57.7 Å². The molecule has 0 radical (unpaired) electrons. The smallest absolute Gasteiger partial charge is 0.0639 e. The lowest BCUT2D eigenvalue weighted by atomic mass is 9.91. The SMILES string of the molecule is CC(C)C1OCCC1CNC1CCCC1C1COCCN1. The Morgan fingerprint density at radius 2 is 2.10 bits per heavy atom. The van der Waals surface area contributed by atoms with Gasteiger partial charge in [0.1, 0.15) is 0 Å². The Morgan fingerprint density at radius 1 is 1.19 bits per heavy atom. The van der Waals surface area contributed by atoms with Gasteiger partial charge in [-0.25, -0.2) is 0 Å². The molecule has 4 heteroatoms. The average Bonchev–Trinajstić information content (AvgIpc) is 3.15. The van der Waals surface area contributed by atoms with Crippen LogP contribution in [0, 0.1) is 17.8 Å². The summed E-state index contributed by atoms with van der Waals surface area (Å²) in [5.41, 5.74) is 0. The van der Waals surface area contributed by atoms with Crippen molar-refractivity contribution in [2.24, 2.45) is 17.8 Å². The van der Waals surface area contributed by atoms with Crippen molar-refractivity contribution in [1.82, 2.24) is 10.6 Å². The third-order valence-electron chi connectivity index (χ3n) is 5.60. The maximum Gasteiger partial charge on any atom is 0.0639 e. The van der Waals surface area contributed by atoms with Crippen LogP contribution in [0.15, 0.2) is 0 Å². The standard InChI is InChI=1S/C17H32N2O2/c1-12(2)17-13(6-8-21-17)10-19-15-5-3-4-14(15)16-11-20-9-7-18-16/h12-19H,3-11H2,1-2H3. The average molecular weight is 296 g/mol. The second-order valence-corrected chi connectivity index (χ2v) is 7.37. The molecule has 3 aliphatic rings. The fraction of sp³-hybridized carbons (Fsp3) is 1.00. The maximum absolute atomic E-state index is 5.91. The van der Waals surface area contributed by atoms with E-state index in [0.717, 1.165) is 38.8 Å². The molecule has 0 amide bonds. The summed E-state index contributed by atoms with van der Waals surface area (Å²) in [6.45, 7) is 9.41. The van der Waals surface area contributed by atoms with Gasteiger partial charge in [0.25, 0.3) is 0 Å². The van der Waals surface area contributed by atoms with Crippen molar-refractivity contribution in [2.75, 3.05) is 32.9 Å². The minimum atomic E-state index is 0.452. The van der Waals surface area contributed by atoms with E-state index < -0.39 is 0 Å². The van der Waals surface area contributed by atoms with Gasteiger partial charge in [-0.05, 0) is 37.0 Å². The first kappa shape index (κ1) is 15.7. The van der Waals surface area contributed by atoms with E-state index in [-0.39, 0.29) is 0 Å². The monoisotopic (exact) mass is 296 g/mol. The molecule has 122 valence electrons. The van der Waals surface area contributed by atoms with E-state index in [2.05, 4.69) is 24.5 Å². The molecule has 4 nitrogen and oxygen atoms in total. The maximum atomic E-state index is 5.91. The molecule has 0 bridgehead atoms. The third kappa shape index (κ3) is 3.79. The Balaban J connectivity index is 1.49. The van der Waals surface area contributed by atoms with Gasteiger partial charge < -0.3 is 20.1 Å². The topological polar surface area (TPSA) is 42.5 Å². The van der Waals surface area contributed by atoms with Crippen LogP contribution in [0.1, 0.15) is 39.5 Å². The van der Waals surface area contributed by atoms with E-state index in [1.54, 1.807) is 0 Å². The van der Waals surface area contributed by atoms with Gasteiger partial charge in [0, 0.05) is 31.8 Å². The Bertz CT molecular complexity index is 318. The first-order chi connectivity index (χ1) is 10.3. The molecule has 21 heavy (non-hydrogen) atoms. The highest BCUT2D eigenvalue weighted by Gasteiger charge is 2.36. The van der Waals surface area contributed by atoms with Crippen LogP contribution in [-0.2, 0) is 9.47 Å². The highest BCUT2D eigenvalue weighted by molar-refractivity contribution is 4.93. The van der Waals surface area contributed by atoms with Crippen molar-refractivity contribution < 1.29 is 9.47 Å². The van der Waals surface area contributed by atoms with E-state index in [1.165, 1.54) is 25.7 Å². The van der Waals surface area contributed by atoms with Crippen molar-refractivity contribution in [3.8, 4) is 0 Å². The third-order valence-corrected chi connectivity index (χ3v) is 5.60. The van der Waals surface area contributed by atoms with Crippen molar-refractivity contribution in [3.05, 3.63) is 0 Å². The minimum Gasteiger partial charge on any atom is -0.379 e. The summed E-state index contributed by atoms with van der Waals surface area (Å²) in [6, 6.07) is 1.22. The van der Waals surface area contributed by atoms with Crippen LogP contribution in [0.3, 0.4) is 0 Å². The molecular formula is C17H32N2O2. The highest BCUT2D eigenvalue weighted by Crippen LogP contribution is 2.31. The van der Waals surface area contributed by atoms with E-state index in [4.69, 9.17) is 9.47 Å². The summed E-state index contributed by atoms with van der Waals surface area (Å²) >= 11 is 0. The van der Waals surface area contributed by atoms with Crippen molar-refractivity contribution >= 4 is 0 Å². The second-order valence-electron chi connectivity index (χ2n) is 7.37. The summed E-state index contributed by atoms with van der Waals surface area (Å²) in [5.74, 6) is 2.07. The quantitative estimate of drug-likeness (QED) is 0.812. The first-order valence-corrected chi connectivity index (χ1v) is 8.92. The molecule has 0 aromatic heterocycles. The van der Waals surface area contributed by atoms with Crippen LogP contribution in [-0.4, -0.2) is 51.1 Å². The molecule has 0 spiro atoms. The number of hydrogen-bond acceptors (Lipinski definition) is 4. The van der Waals surface area contributed by atoms with E-state index in [1.807, 2.05) is 0 Å². The fourth-order valence-electron chi connectivity index (χ4n) is 4.50. The zero-order chi connectivity index (χ0) is 14.7. The lowest BCUT2D eigenvalue weighted by molar-refractivity contribution is 0.0463. The lowest BCUT2D eigenvalue weighted by Gasteiger charge is -2.34. The second kappa shape index (κ2) is 7.40. The summed E-state index contributed by atoms with van der Waals surface area (Å²) in [7, 11) is 0. The van der Waals surface area contributed by atoms with Gasteiger partial charge in [0.05, 0.1) is 19.3 Å². The molecule has 5 atom stereocenters. The molecular weight excluding hydrogens is 264 g/mol. The summed E-state index contributed by atoms with van der Waals surface area (Å²) in [6.07, 6.45) is 5.69. The van der Waals surface area contributed by atoms with E-state index in [0.29, 0.717) is 30.0 Å². The highest BCUT2D eigenvalue weighted by atomic mass is 16.5. The summed E-state index contributed by atoms with van der Waals surface area (Å²) in [5, 5.41) is 7.54. The number of ether oxygens (including phenoxy) is 2. The first-order valence-electron chi connectivity index (χ1n) is 8.92. The molecule has 1 saturated carbocycles. The van der Waals surface area contributed by atoms with Gasteiger partial charge in [-0.2, -0.15) is 0 Å². The fourth-order valence-corrected chi connectivity index (χ4v) is 4.50. The van der Waals surface area contributed by atoms with E-state index in [9.17, 15) is 0 Å². The van der Waals surface area contributed by atoms with Gasteiger partial charge in [-0.3, -0.25) is 0 Å². The van der Waals surface area contributed by atoms with Gasteiger partial charge >= 0.3 is 0 Å². The van der Waals surface area contributed by atoms with Crippen LogP contribution < -0.4 is 10.6 Å². The van der Waals surface area contributed by atoms with Crippen LogP contribution in [0.2, 0.25) is 0 Å². The van der Waals surface area contributed by atoms with Crippen molar-refractivity contribution in [1.29, 1.82) is 0 Å². The van der Waals surface area contributed by atoms with E-state index >= 15 is 0 Å². The van der Waals surface area contributed by atoms with Gasteiger partial charge in [0.2, 0.25) is 0 Å². The van der Waals surface area contributed by atoms with Gasteiger partial charge in [-0.15, -0.1) is 0 Å². The largest absolute Gasteiger partial charge is 0.379 e. The Labute approximate surface area is 129 Å². The molecule has 2 heterocycles. The molecule has 0 aromatic rings. The Morgan fingerprint density at radius 3 is 2.86 bits per heavy atom. The number of rotatable bonds is 5. The van der Waals surface area contributed by atoms with Crippen LogP contribution in [0.25, 0.3) is 0 Å². The predicted octanol–water partition coefficient (Wildman–Crippen LogP) is 1.79. The number of hydrogen-bond donors (Lipinski definition) is 2. The molecule has 5 unspecified atom stereocenters. The predicted molar refractivity (Wildman–Crippen MR) is 84.4 cm³/mol. The van der Waals surface area contributed by atoms with Crippen LogP contribution in [0.5, 0.6) is 0 Å². The molecule has 1 aliphatic carbocycles. The minimum absolute atomic E-state index is 0.452. The molecule has 2 N–H and O–H groups in total. The van der Waals surface area contributed by atoms with Gasteiger partial charge in [-0.1, -0.05) is 20.3 Å². The lowest BCUT2D eigenvalue weighted by Crippen LogP contribution is -2.51. The normalized spacial score (nSPS) is 41.0. The molecule has 3 rings (SSSR count). The molecule has 2 aliphatic heterocycles. The summed E-state index contributed by atoms with van der Waals surface area (Å²) < 4.78 is 11.6. The van der Waals surface area contributed by atoms with Crippen LogP contribution in [0.4, 0.5) is 0 Å². The van der Waals surface area contributed by atoms with Crippen LogP contribution >= 0.6 is 0 Å². The molecule has 2 saturated heterocycles. The zero-order valence-electron chi connectivity index (χ0n) is 13.6. The number of morpholine rings is 1. The summed E-state index contributed by atoms with van der Waals surface area (Å²) in [4.78, 5) is 0. The molecule has 0 aromatic carbocycles. The van der Waals surface area contributed by atoms with Gasteiger partial charge in [0.15, 0.2) is 0 Å². The Hall–Kier alpha value is -0.160. The number of nitrogens with one attached hydrogen (secondary N) is 2.